The van der Waals surface area contributed by atoms with Crippen LogP contribution in [-0.4, -0.2) is 47.2 Å². The van der Waals surface area contributed by atoms with E-state index in [4.69, 9.17) is 27.9 Å². The molecule has 3 aromatic carbocycles. The number of hydrogen-bond donors (Lipinski definition) is 2. The average Bonchev–Trinajstić information content (AvgIpc) is 2.98. The number of alkyl halides is 6. The molecule has 0 aromatic heterocycles. The highest BCUT2D eigenvalue weighted by molar-refractivity contribution is 6.42. The molecule has 0 amide bonds. The molecule has 5 nitrogen and oxygen atoms in total. The minimum absolute atomic E-state index is 0.0473. The van der Waals surface area contributed by atoms with Crippen molar-refractivity contribution in [1.82, 2.24) is 4.90 Å². The summed E-state index contributed by atoms with van der Waals surface area (Å²) in [6.07, 6.45) is -8.55. The fourth-order valence-electron chi connectivity index (χ4n) is 5.33. The second kappa shape index (κ2) is 14.1. The molecular formula is C31H30Cl2F6N2O3. The van der Waals surface area contributed by atoms with Crippen molar-refractivity contribution in [2.75, 3.05) is 26.2 Å². The monoisotopic (exact) mass is 662 g/mol. The SMILES string of the molecule is ON=C(COCc1cc(C(F)(F)F)cc(C(F)(F)F)c1)C(CCN1CCC(O)(c2ccccc2)CC1)c1ccc(Cl)c(Cl)c1. The van der Waals surface area contributed by atoms with Crippen molar-refractivity contribution >= 4 is 28.9 Å². The molecule has 2 N–H and O–H groups in total. The van der Waals surface area contributed by atoms with Gasteiger partial charge in [0.1, 0.15) is 0 Å². The molecule has 1 saturated heterocycles. The van der Waals surface area contributed by atoms with Gasteiger partial charge in [0.15, 0.2) is 0 Å². The molecule has 0 saturated carbocycles. The van der Waals surface area contributed by atoms with Gasteiger partial charge in [0.2, 0.25) is 0 Å². The Morgan fingerprint density at radius 3 is 2.05 bits per heavy atom. The molecule has 238 valence electrons. The summed E-state index contributed by atoms with van der Waals surface area (Å²) >= 11 is 12.3. The number of piperidine rings is 1. The van der Waals surface area contributed by atoms with Crippen molar-refractivity contribution in [3.8, 4) is 0 Å². The highest BCUT2D eigenvalue weighted by Gasteiger charge is 2.37. The molecule has 0 aliphatic carbocycles. The van der Waals surface area contributed by atoms with Crippen LogP contribution in [0.4, 0.5) is 26.3 Å². The summed E-state index contributed by atoms with van der Waals surface area (Å²) in [5.74, 6) is -0.572. The van der Waals surface area contributed by atoms with Gasteiger partial charge in [-0.25, -0.2) is 0 Å². The number of nitrogens with zero attached hydrogens (tertiary/aromatic N) is 2. The minimum atomic E-state index is -4.99. The summed E-state index contributed by atoms with van der Waals surface area (Å²) < 4.78 is 85.1. The van der Waals surface area contributed by atoms with Crippen LogP contribution in [0.15, 0.2) is 71.9 Å². The lowest BCUT2D eigenvalue weighted by atomic mass is 9.84. The molecule has 0 bridgehead atoms. The Labute approximate surface area is 260 Å². The second-order valence-corrected chi connectivity index (χ2v) is 11.6. The number of benzene rings is 3. The number of oxime groups is 1. The van der Waals surface area contributed by atoms with Gasteiger partial charge >= 0.3 is 12.4 Å². The predicted octanol–water partition coefficient (Wildman–Crippen LogP) is 8.54. The zero-order valence-electron chi connectivity index (χ0n) is 23.3. The summed E-state index contributed by atoms with van der Waals surface area (Å²) in [5, 5.41) is 25.0. The van der Waals surface area contributed by atoms with Crippen LogP contribution in [0, 0.1) is 0 Å². The predicted molar refractivity (Wildman–Crippen MR) is 155 cm³/mol. The van der Waals surface area contributed by atoms with Gasteiger partial charge in [-0.1, -0.05) is 64.8 Å². The molecule has 13 heteroatoms. The smallest absolute Gasteiger partial charge is 0.411 e. The Balaban J connectivity index is 1.47. The quantitative estimate of drug-likeness (QED) is 0.0988. The summed E-state index contributed by atoms with van der Waals surface area (Å²) in [6.45, 7) is 0.742. The number of halogens is 8. The van der Waals surface area contributed by atoms with Crippen molar-refractivity contribution in [3.63, 3.8) is 0 Å². The lowest BCUT2D eigenvalue weighted by Crippen LogP contribution is -2.43. The molecule has 44 heavy (non-hydrogen) atoms. The van der Waals surface area contributed by atoms with Crippen LogP contribution in [0.25, 0.3) is 0 Å². The van der Waals surface area contributed by atoms with Crippen LogP contribution in [0.3, 0.4) is 0 Å². The van der Waals surface area contributed by atoms with Crippen LogP contribution in [0.1, 0.15) is 53.0 Å². The third kappa shape index (κ3) is 8.66. The highest BCUT2D eigenvalue weighted by atomic mass is 35.5. The number of aliphatic hydroxyl groups is 1. The van der Waals surface area contributed by atoms with Gasteiger partial charge in [0.05, 0.1) is 45.7 Å². The summed E-state index contributed by atoms with van der Waals surface area (Å²) in [5.41, 5.74) is -2.59. The maximum atomic E-state index is 13.3. The second-order valence-electron chi connectivity index (χ2n) is 10.8. The number of ether oxygens (including phenoxy) is 1. The van der Waals surface area contributed by atoms with Crippen molar-refractivity contribution in [1.29, 1.82) is 0 Å². The van der Waals surface area contributed by atoms with E-state index in [0.717, 1.165) is 5.56 Å². The van der Waals surface area contributed by atoms with Gasteiger partial charge in [-0.2, -0.15) is 26.3 Å². The molecular weight excluding hydrogens is 633 g/mol. The largest absolute Gasteiger partial charge is 0.416 e. The van der Waals surface area contributed by atoms with Crippen molar-refractivity contribution in [2.24, 2.45) is 5.16 Å². The van der Waals surface area contributed by atoms with E-state index >= 15 is 0 Å². The Bertz CT molecular complexity index is 1410. The van der Waals surface area contributed by atoms with Crippen LogP contribution < -0.4 is 0 Å². The van der Waals surface area contributed by atoms with E-state index in [1.807, 2.05) is 30.3 Å². The first-order chi connectivity index (χ1) is 20.7. The Hall–Kier alpha value is -2.83. The molecule has 1 unspecified atom stereocenters. The van der Waals surface area contributed by atoms with Gasteiger partial charge in [-0.05, 0) is 72.8 Å². The number of hydrogen-bond acceptors (Lipinski definition) is 5. The number of rotatable bonds is 10. The van der Waals surface area contributed by atoms with E-state index in [9.17, 15) is 36.7 Å². The van der Waals surface area contributed by atoms with Crippen LogP contribution >= 0.6 is 23.2 Å². The summed E-state index contributed by atoms with van der Waals surface area (Å²) in [7, 11) is 0. The van der Waals surface area contributed by atoms with Crippen LogP contribution in [0.2, 0.25) is 10.0 Å². The standard InChI is InChI=1S/C31H30Cl2F6N2O3/c32-26-7-6-21(16-27(26)33)25(8-11-41-12-9-29(42,10-13-41)22-4-2-1-3-5-22)28(40-43)19-44-18-20-14-23(30(34,35)36)17-24(15-20)31(37,38)39/h1-7,14-17,25,42-43H,8-13,18-19H2. The maximum Gasteiger partial charge on any atom is 0.416 e. The Kier molecular flexibility index (Phi) is 10.9. The van der Waals surface area contributed by atoms with Crippen molar-refractivity contribution in [2.45, 2.75) is 49.7 Å². The molecule has 1 heterocycles. The minimum Gasteiger partial charge on any atom is -0.411 e. The first kappa shape index (κ1) is 34.1. The zero-order chi connectivity index (χ0) is 32.1. The molecule has 3 aromatic rings. The zero-order valence-corrected chi connectivity index (χ0v) is 24.8. The van der Waals surface area contributed by atoms with Gasteiger partial charge < -0.3 is 20.0 Å². The van der Waals surface area contributed by atoms with E-state index in [2.05, 4.69) is 10.1 Å². The topological polar surface area (TPSA) is 65.3 Å². The van der Waals surface area contributed by atoms with Gasteiger partial charge in [-0.15, -0.1) is 0 Å². The first-order valence-electron chi connectivity index (χ1n) is 13.7. The first-order valence-corrected chi connectivity index (χ1v) is 14.5. The molecule has 0 radical (unpaired) electrons. The third-order valence-electron chi connectivity index (χ3n) is 7.77. The molecule has 1 aliphatic heterocycles. The number of likely N-dealkylation sites (tertiary alicyclic amines) is 1. The Morgan fingerprint density at radius 1 is 0.886 bits per heavy atom. The molecule has 1 fully saturated rings. The normalized spacial score (nSPS) is 17.1. The lowest BCUT2D eigenvalue weighted by molar-refractivity contribution is -0.143. The molecule has 1 atom stereocenters. The molecule has 0 spiro atoms. The van der Waals surface area contributed by atoms with Crippen molar-refractivity contribution in [3.05, 3.63) is 105 Å². The van der Waals surface area contributed by atoms with Crippen molar-refractivity contribution < 1.29 is 41.4 Å². The van der Waals surface area contributed by atoms with Gasteiger partial charge in [0.25, 0.3) is 0 Å². The van der Waals surface area contributed by atoms with Gasteiger partial charge in [-0.3, -0.25) is 0 Å². The summed E-state index contributed by atoms with van der Waals surface area (Å²) in [4.78, 5) is 2.15. The third-order valence-corrected chi connectivity index (χ3v) is 8.51. The van der Waals surface area contributed by atoms with Gasteiger partial charge in [0, 0.05) is 19.0 Å². The maximum absolute atomic E-state index is 13.3. The van der Waals surface area contributed by atoms with E-state index in [-0.39, 0.29) is 29.0 Å². The Morgan fingerprint density at radius 2 is 1.50 bits per heavy atom. The van der Waals surface area contributed by atoms with E-state index in [1.165, 1.54) is 0 Å². The average molecular weight is 663 g/mol. The van der Waals surface area contributed by atoms with E-state index in [1.54, 1.807) is 18.2 Å². The fourth-order valence-corrected chi connectivity index (χ4v) is 5.63. The fraction of sp³-hybridized carbons (Fsp3) is 0.387. The molecule has 4 rings (SSSR count). The van der Waals surface area contributed by atoms with Crippen LogP contribution in [-0.2, 0) is 29.3 Å². The van der Waals surface area contributed by atoms with E-state index < -0.39 is 41.6 Å². The lowest BCUT2D eigenvalue weighted by Gasteiger charge is -2.39. The summed E-state index contributed by atoms with van der Waals surface area (Å²) in [6, 6.07) is 15.5. The van der Waals surface area contributed by atoms with Crippen LogP contribution in [0.5, 0.6) is 0 Å². The van der Waals surface area contributed by atoms with E-state index in [0.29, 0.717) is 61.6 Å². The molecule has 1 aliphatic rings. The highest BCUT2D eigenvalue weighted by Crippen LogP contribution is 2.37.